The van der Waals surface area contributed by atoms with Crippen molar-refractivity contribution in [1.82, 2.24) is 9.97 Å². The number of benzene rings is 2. The monoisotopic (exact) mass is 486 g/mol. The van der Waals surface area contributed by atoms with Gasteiger partial charge in [0, 0.05) is 29.9 Å². The van der Waals surface area contributed by atoms with Crippen LogP contribution in [0.25, 0.3) is 33.6 Å². The molecule has 4 aromatic rings. The number of hydrogen-bond acceptors (Lipinski definition) is 4. The third-order valence-electron chi connectivity index (χ3n) is 6.42. The van der Waals surface area contributed by atoms with Crippen LogP contribution in [0.2, 0.25) is 5.02 Å². The minimum atomic E-state index is -0.573. The number of rotatable bonds is 5. The van der Waals surface area contributed by atoms with Crippen molar-refractivity contribution < 1.29 is 9.18 Å². The zero-order chi connectivity index (χ0) is 24.5. The normalized spacial score (nSPS) is 15.4. The van der Waals surface area contributed by atoms with Crippen LogP contribution in [0.5, 0.6) is 0 Å². The predicted molar refractivity (Wildman–Crippen MR) is 138 cm³/mol. The molecule has 1 saturated heterocycles. The second kappa shape index (κ2) is 9.47. The highest BCUT2D eigenvalue weighted by Gasteiger charge is 2.23. The lowest BCUT2D eigenvalue weighted by Gasteiger charge is -2.24. The van der Waals surface area contributed by atoms with Crippen LogP contribution in [0.1, 0.15) is 30.1 Å². The van der Waals surface area contributed by atoms with E-state index in [9.17, 15) is 9.18 Å². The van der Waals surface area contributed by atoms with Crippen LogP contribution in [0.15, 0.2) is 72.9 Å². The van der Waals surface area contributed by atoms with E-state index in [1.807, 2.05) is 30.3 Å². The maximum absolute atomic E-state index is 13.5. The van der Waals surface area contributed by atoms with Gasteiger partial charge in [0.2, 0.25) is 5.91 Å². The van der Waals surface area contributed by atoms with Crippen LogP contribution >= 0.6 is 11.6 Å². The fourth-order valence-corrected chi connectivity index (χ4v) is 4.75. The summed E-state index contributed by atoms with van der Waals surface area (Å²) in [6.45, 7) is 3.18. The molecule has 0 saturated carbocycles. The number of amides is 1. The summed E-state index contributed by atoms with van der Waals surface area (Å²) in [6, 6.07) is 20.4. The van der Waals surface area contributed by atoms with Gasteiger partial charge in [-0.25, -0.2) is 9.37 Å². The number of nitrogens with zero attached hydrogens (tertiary/aromatic N) is 3. The zero-order valence-corrected chi connectivity index (χ0v) is 20.0. The average molecular weight is 487 g/mol. The summed E-state index contributed by atoms with van der Waals surface area (Å²) in [5.74, 6) is 0.0855. The highest BCUT2D eigenvalue weighted by atomic mass is 35.5. The van der Waals surface area contributed by atoms with Crippen molar-refractivity contribution in [3.05, 3.63) is 89.3 Å². The molecule has 1 atom stereocenters. The third kappa shape index (κ3) is 4.75. The first-order chi connectivity index (χ1) is 16.9. The van der Waals surface area contributed by atoms with Crippen LogP contribution in [0.4, 0.5) is 10.2 Å². The molecule has 1 aliphatic heterocycles. The lowest BCUT2D eigenvalue weighted by molar-refractivity contribution is 0.1000. The highest BCUT2D eigenvalue weighted by molar-refractivity contribution is 6.33. The number of carbonyl (C=O) groups is 1. The van der Waals surface area contributed by atoms with Gasteiger partial charge >= 0.3 is 0 Å². The fraction of sp³-hybridized carbons (Fsp3) is 0.179. The Bertz CT molecular complexity index is 1390. The van der Waals surface area contributed by atoms with E-state index in [0.29, 0.717) is 16.8 Å². The minimum Gasteiger partial charge on any atom is -0.366 e. The molecule has 0 aliphatic carbocycles. The van der Waals surface area contributed by atoms with E-state index in [1.165, 1.54) is 24.4 Å². The maximum Gasteiger partial charge on any atom is 0.250 e. The van der Waals surface area contributed by atoms with E-state index in [1.54, 1.807) is 12.1 Å². The molecule has 0 unspecified atom stereocenters. The summed E-state index contributed by atoms with van der Waals surface area (Å²) in [5.41, 5.74) is 10.7. The van der Waals surface area contributed by atoms with Crippen molar-refractivity contribution in [2.24, 2.45) is 5.73 Å². The maximum atomic E-state index is 13.5. The molecule has 1 fully saturated rings. The molecule has 35 heavy (non-hydrogen) atoms. The van der Waals surface area contributed by atoms with Crippen molar-refractivity contribution in [2.75, 3.05) is 11.4 Å². The predicted octanol–water partition coefficient (Wildman–Crippen LogP) is 6.36. The number of carbonyl (C=O) groups excluding carboxylic acids is 1. The Labute approximate surface area is 208 Å². The Morgan fingerprint density at radius 1 is 1.00 bits per heavy atom. The molecule has 7 heteroatoms. The molecule has 5 rings (SSSR count). The molecule has 1 aliphatic rings. The van der Waals surface area contributed by atoms with E-state index < -0.39 is 5.91 Å². The number of hydrogen-bond donors (Lipinski definition) is 1. The van der Waals surface area contributed by atoms with Crippen LogP contribution in [-0.4, -0.2) is 28.5 Å². The van der Waals surface area contributed by atoms with Crippen LogP contribution < -0.4 is 10.6 Å². The SMILES string of the molecule is C[C@@H]1CCCN1c1cc(-c2ccc(F)cc2)cc(-c2ccc(-c3ncc(C(N)=O)cc3Cl)cc2)n1. The van der Waals surface area contributed by atoms with E-state index in [0.717, 1.165) is 53.2 Å². The summed E-state index contributed by atoms with van der Waals surface area (Å²) in [5, 5.41) is 0.357. The molecule has 2 aromatic carbocycles. The van der Waals surface area contributed by atoms with E-state index in [2.05, 4.69) is 22.9 Å². The second-order valence-electron chi connectivity index (χ2n) is 8.79. The minimum absolute atomic E-state index is 0.261. The molecule has 3 heterocycles. The molecule has 0 radical (unpaired) electrons. The van der Waals surface area contributed by atoms with Crippen molar-refractivity contribution in [3.63, 3.8) is 0 Å². The van der Waals surface area contributed by atoms with Gasteiger partial charge in [-0.2, -0.15) is 0 Å². The molecular formula is C28H24ClFN4O. The van der Waals surface area contributed by atoms with Crippen molar-refractivity contribution >= 4 is 23.3 Å². The van der Waals surface area contributed by atoms with Gasteiger partial charge in [-0.1, -0.05) is 48.0 Å². The lowest BCUT2D eigenvalue weighted by atomic mass is 10.0. The number of anilines is 1. The van der Waals surface area contributed by atoms with Gasteiger partial charge in [0.1, 0.15) is 11.6 Å². The number of halogens is 2. The zero-order valence-electron chi connectivity index (χ0n) is 19.2. The summed E-state index contributed by atoms with van der Waals surface area (Å²) in [7, 11) is 0. The fourth-order valence-electron chi connectivity index (χ4n) is 4.48. The molecule has 2 N–H and O–H groups in total. The van der Waals surface area contributed by atoms with Crippen molar-refractivity contribution in [2.45, 2.75) is 25.8 Å². The smallest absolute Gasteiger partial charge is 0.250 e. The van der Waals surface area contributed by atoms with E-state index in [-0.39, 0.29) is 11.4 Å². The van der Waals surface area contributed by atoms with Crippen LogP contribution in [0, 0.1) is 5.82 Å². The molecule has 176 valence electrons. The summed E-state index contributed by atoms with van der Waals surface area (Å²) in [4.78, 5) is 23.0. The largest absolute Gasteiger partial charge is 0.366 e. The second-order valence-corrected chi connectivity index (χ2v) is 9.19. The summed E-state index contributed by atoms with van der Waals surface area (Å²) >= 11 is 6.36. The standard InChI is InChI=1S/C28H24ClFN4O/c1-17-3-2-12-34(17)26-15-21(18-8-10-23(30)11-9-18)14-25(33-26)19-4-6-20(7-5-19)27-24(29)13-22(16-32-27)28(31)35/h4-11,13-17H,2-3,12H2,1H3,(H2,31,35)/t17-/m1/s1. The summed E-state index contributed by atoms with van der Waals surface area (Å²) in [6.07, 6.45) is 3.69. The first-order valence-corrected chi connectivity index (χ1v) is 11.9. The van der Waals surface area contributed by atoms with Crippen molar-refractivity contribution in [3.8, 4) is 33.6 Å². The first kappa shape index (κ1) is 23.0. The Kier molecular flexibility index (Phi) is 6.22. The lowest BCUT2D eigenvalue weighted by Crippen LogP contribution is -2.27. The van der Waals surface area contributed by atoms with Gasteiger partial charge in [-0.05, 0) is 61.2 Å². The molecule has 1 amide bonds. The Hall–Kier alpha value is -3.77. The first-order valence-electron chi connectivity index (χ1n) is 11.5. The topological polar surface area (TPSA) is 72.1 Å². The van der Waals surface area contributed by atoms with E-state index in [4.69, 9.17) is 22.3 Å². The Morgan fingerprint density at radius 2 is 1.69 bits per heavy atom. The summed E-state index contributed by atoms with van der Waals surface area (Å²) < 4.78 is 13.5. The molecular weight excluding hydrogens is 463 g/mol. The Balaban J connectivity index is 1.54. The van der Waals surface area contributed by atoms with Gasteiger partial charge < -0.3 is 10.6 Å². The molecule has 5 nitrogen and oxygen atoms in total. The Morgan fingerprint density at radius 3 is 2.31 bits per heavy atom. The van der Waals surface area contributed by atoms with Gasteiger partial charge in [0.15, 0.2) is 0 Å². The van der Waals surface area contributed by atoms with Gasteiger partial charge in [-0.15, -0.1) is 0 Å². The molecule has 0 bridgehead atoms. The van der Waals surface area contributed by atoms with Crippen LogP contribution in [0.3, 0.4) is 0 Å². The quantitative estimate of drug-likeness (QED) is 0.356. The number of nitrogens with two attached hydrogens (primary N) is 1. The molecule has 0 spiro atoms. The third-order valence-corrected chi connectivity index (χ3v) is 6.70. The highest BCUT2D eigenvalue weighted by Crippen LogP contribution is 2.34. The van der Waals surface area contributed by atoms with Gasteiger partial charge in [-0.3, -0.25) is 9.78 Å². The van der Waals surface area contributed by atoms with Crippen molar-refractivity contribution in [1.29, 1.82) is 0 Å². The van der Waals surface area contributed by atoms with Gasteiger partial charge in [0.25, 0.3) is 0 Å². The number of pyridine rings is 2. The average Bonchev–Trinajstić information content (AvgIpc) is 3.30. The molecule has 2 aromatic heterocycles. The number of primary amides is 1. The number of aromatic nitrogens is 2. The van der Waals surface area contributed by atoms with E-state index >= 15 is 0 Å². The van der Waals surface area contributed by atoms with Crippen LogP contribution in [-0.2, 0) is 0 Å². The van der Waals surface area contributed by atoms with Gasteiger partial charge in [0.05, 0.1) is 22.0 Å².